The maximum absolute atomic E-state index is 12.3. The highest BCUT2D eigenvalue weighted by molar-refractivity contribution is 5.91. The van der Waals surface area contributed by atoms with Gasteiger partial charge in [0.15, 0.2) is 0 Å². The van der Waals surface area contributed by atoms with Gasteiger partial charge in [-0.05, 0) is 56.2 Å². The Morgan fingerprint density at radius 2 is 1.94 bits per heavy atom. The van der Waals surface area contributed by atoms with Gasteiger partial charge in [-0.15, -0.1) is 0 Å². The van der Waals surface area contributed by atoms with Gasteiger partial charge in [0, 0.05) is 36.0 Å². The van der Waals surface area contributed by atoms with E-state index in [9.17, 15) is 4.79 Å². The molecule has 3 rings (SSSR count). The number of aromatic nitrogens is 2. The van der Waals surface area contributed by atoms with E-state index in [2.05, 4.69) is 10.4 Å². The number of hydrogen-bond donors (Lipinski definition) is 1. The Hall–Kier alpha value is -3.54. The molecule has 31 heavy (non-hydrogen) atoms. The zero-order chi connectivity index (χ0) is 22.2. The fraction of sp³-hybridized carbons (Fsp3) is 0.280. The van der Waals surface area contributed by atoms with Crippen molar-refractivity contribution in [1.82, 2.24) is 15.1 Å². The first-order valence-corrected chi connectivity index (χ1v) is 10.3. The quantitative estimate of drug-likeness (QED) is 0.521. The van der Waals surface area contributed by atoms with Crippen LogP contribution in [0.4, 0.5) is 0 Å². The highest BCUT2D eigenvalue weighted by Gasteiger charge is 2.08. The molecule has 6 nitrogen and oxygen atoms in total. The van der Waals surface area contributed by atoms with Crippen LogP contribution in [0.25, 0.3) is 6.08 Å². The summed E-state index contributed by atoms with van der Waals surface area (Å²) in [5.41, 5.74) is 4.98. The minimum absolute atomic E-state index is 0.155. The van der Waals surface area contributed by atoms with Crippen molar-refractivity contribution in [3.63, 3.8) is 0 Å². The van der Waals surface area contributed by atoms with Crippen LogP contribution in [0.1, 0.15) is 34.9 Å². The summed E-state index contributed by atoms with van der Waals surface area (Å²) in [6.45, 7) is 7.70. The van der Waals surface area contributed by atoms with Crippen LogP contribution in [0.3, 0.4) is 0 Å². The standard InChI is InChI=1S/C25H29N3O3/c1-5-28-19(3)22(16-27-28)15-26-25(29)13-11-20-10-12-24(30-4)21(14-20)17-31-23-9-7-6-8-18(23)2/h6-14,16H,5,15,17H2,1-4H3,(H,26,29)/b13-11+. The summed E-state index contributed by atoms with van der Waals surface area (Å²) in [5, 5.41) is 7.21. The van der Waals surface area contributed by atoms with Crippen molar-refractivity contribution < 1.29 is 14.3 Å². The maximum Gasteiger partial charge on any atom is 0.244 e. The van der Waals surface area contributed by atoms with E-state index in [0.717, 1.165) is 46.0 Å². The Morgan fingerprint density at radius 3 is 2.65 bits per heavy atom. The average molecular weight is 420 g/mol. The van der Waals surface area contributed by atoms with Gasteiger partial charge < -0.3 is 14.8 Å². The summed E-state index contributed by atoms with van der Waals surface area (Å²) in [7, 11) is 1.64. The first-order chi connectivity index (χ1) is 15.0. The van der Waals surface area contributed by atoms with Crippen LogP contribution in [0.5, 0.6) is 11.5 Å². The smallest absolute Gasteiger partial charge is 0.244 e. The van der Waals surface area contributed by atoms with E-state index in [1.807, 2.05) is 67.9 Å². The second-order valence-corrected chi connectivity index (χ2v) is 7.25. The van der Waals surface area contributed by atoms with Gasteiger partial charge >= 0.3 is 0 Å². The normalized spacial score (nSPS) is 11.0. The molecular formula is C25H29N3O3. The molecule has 1 heterocycles. The number of carbonyl (C=O) groups excluding carboxylic acids is 1. The monoisotopic (exact) mass is 419 g/mol. The number of carbonyl (C=O) groups is 1. The molecule has 0 saturated carbocycles. The Balaban J connectivity index is 1.63. The zero-order valence-electron chi connectivity index (χ0n) is 18.5. The van der Waals surface area contributed by atoms with Crippen LogP contribution in [-0.2, 0) is 24.5 Å². The van der Waals surface area contributed by atoms with Crippen molar-refractivity contribution in [2.24, 2.45) is 0 Å². The van der Waals surface area contributed by atoms with Gasteiger partial charge in [-0.25, -0.2) is 0 Å². The molecule has 1 amide bonds. The molecule has 1 aromatic heterocycles. The van der Waals surface area contributed by atoms with Crippen LogP contribution < -0.4 is 14.8 Å². The number of nitrogens with one attached hydrogen (secondary N) is 1. The molecular weight excluding hydrogens is 390 g/mol. The van der Waals surface area contributed by atoms with Crippen molar-refractivity contribution in [1.29, 1.82) is 0 Å². The molecule has 0 fully saturated rings. The molecule has 0 unspecified atom stereocenters. The predicted octanol–water partition coefficient (Wildman–Crippen LogP) is 4.44. The number of amides is 1. The van der Waals surface area contributed by atoms with E-state index in [0.29, 0.717) is 13.2 Å². The lowest BCUT2D eigenvalue weighted by Gasteiger charge is -2.12. The Bertz CT molecular complexity index is 1070. The zero-order valence-corrected chi connectivity index (χ0v) is 18.5. The first-order valence-electron chi connectivity index (χ1n) is 10.3. The first kappa shape index (κ1) is 22.2. The van der Waals surface area contributed by atoms with Crippen molar-refractivity contribution in [3.05, 3.63) is 82.7 Å². The number of ether oxygens (including phenoxy) is 2. The minimum Gasteiger partial charge on any atom is -0.496 e. The van der Waals surface area contributed by atoms with Gasteiger partial charge in [-0.3, -0.25) is 9.48 Å². The third kappa shape index (κ3) is 5.75. The molecule has 1 N–H and O–H groups in total. The van der Waals surface area contributed by atoms with Crippen molar-refractivity contribution in [2.45, 2.75) is 40.5 Å². The van der Waals surface area contributed by atoms with Crippen molar-refractivity contribution >= 4 is 12.0 Å². The van der Waals surface area contributed by atoms with Crippen LogP contribution >= 0.6 is 0 Å². The summed E-state index contributed by atoms with van der Waals surface area (Å²) in [6, 6.07) is 13.7. The van der Waals surface area contributed by atoms with Gasteiger partial charge in [-0.1, -0.05) is 24.3 Å². The van der Waals surface area contributed by atoms with Gasteiger partial charge in [0.05, 0.1) is 13.3 Å². The largest absolute Gasteiger partial charge is 0.496 e. The molecule has 0 aliphatic carbocycles. The molecule has 0 saturated heterocycles. The summed E-state index contributed by atoms with van der Waals surface area (Å²) >= 11 is 0. The number of rotatable bonds is 9. The number of nitrogens with zero attached hydrogens (tertiary/aromatic N) is 2. The van der Waals surface area contributed by atoms with E-state index in [-0.39, 0.29) is 5.91 Å². The average Bonchev–Trinajstić information content (AvgIpc) is 3.15. The lowest BCUT2D eigenvalue weighted by atomic mass is 10.1. The lowest BCUT2D eigenvalue weighted by molar-refractivity contribution is -0.116. The SMILES string of the molecule is CCn1ncc(CNC(=O)/C=C/c2ccc(OC)c(COc3ccccc3C)c2)c1C. The van der Waals surface area contributed by atoms with E-state index >= 15 is 0 Å². The van der Waals surface area contributed by atoms with Gasteiger partial charge in [0.2, 0.25) is 5.91 Å². The number of para-hydroxylation sites is 1. The van der Waals surface area contributed by atoms with Crippen molar-refractivity contribution in [2.75, 3.05) is 7.11 Å². The minimum atomic E-state index is -0.155. The van der Waals surface area contributed by atoms with Gasteiger partial charge in [0.25, 0.3) is 0 Å². The van der Waals surface area contributed by atoms with Gasteiger partial charge in [0.1, 0.15) is 18.1 Å². The molecule has 162 valence electrons. The number of hydrogen-bond acceptors (Lipinski definition) is 4. The molecule has 2 aromatic carbocycles. The Morgan fingerprint density at radius 1 is 1.13 bits per heavy atom. The molecule has 0 radical (unpaired) electrons. The van der Waals surface area contributed by atoms with E-state index in [4.69, 9.17) is 9.47 Å². The summed E-state index contributed by atoms with van der Waals surface area (Å²) in [5.74, 6) is 1.43. The maximum atomic E-state index is 12.3. The van der Waals surface area contributed by atoms with Crippen LogP contribution in [0, 0.1) is 13.8 Å². The Kier molecular flexibility index (Phi) is 7.49. The van der Waals surface area contributed by atoms with Gasteiger partial charge in [-0.2, -0.15) is 5.10 Å². The fourth-order valence-electron chi connectivity index (χ4n) is 3.28. The van der Waals surface area contributed by atoms with Crippen LogP contribution in [-0.4, -0.2) is 22.8 Å². The number of benzene rings is 2. The summed E-state index contributed by atoms with van der Waals surface area (Å²) in [4.78, 5) is 12.3. The second-order valence-electron chi connectivity index (χ2n) is 7.25. The molecule has 0 aliphatic heterocycles. The van der Waals surface area contributed by atoms with Crippen LogP contribution in [0.2, 0.25) is 0 Å². The fourth-order valence-corrected chi connectivity index (χ4v) is 3.28. The summed E-state index contributed by atoms with van der Waals surface area (Å²) < 4.78 is 13.3. The highest BCUT2D eigenvalue weighted by atomic mass is 16.5. The summed E-state index contributed by atoms with van der Waals surface area (Å²) in [6.07, 6.45) is 5.12. The highest BCUT2D eigenvalue weighted by Crippen LogP contribution is 2.24. The molecule has 0 aliphatic rings. The third-order valence-corrected chi connectivity index (χ3v) is 5.17. The molecule has 0 spiro atoms. The topological polar surface area (TPSA) is 65.4 Å². The van der Waals surface area contributed by atoms with E-state index in [1.54, 1.807) is 19.4 Å². The molecule has 0 atom stereocenters. The van der Waals surface area contributed by atoms with E-state index < -0.39 is 0 Å². The van der Waals surface area contributed by atoms with Crippen molar-refractivity contribution in [3.8, 4) is 11.5 Å². The second kappa shape index (κ2) is 10.5. The molecule has 6 heteroatoms. The predicted molar refractivity (Wildman–Crippen MR) is 122 cm³/mol. The third-order valence-electron chi connectivity index (χ3n) is 5.17. The Labute approximate surface area is 183 Å². The lowest BCUT2D eigenvalue weighted by Crippen LogP contribution is -2.20. The molecule has 3 aromatic rings. The molecule has 0 bridgehead atoms. The number of aryl methyl sites for hydroxylation is 2. The van der Waals surface area contributed by atoms with Crippen LogP contribution in [0.15, 0.2) is 54.7 Å². The van der Waals surface area contributed by atoms with E-state index in [1.165, 1.54) is 6.08 Å². The number of methoxy groups -OCH3 is 1.